The molecule has 2 fully saturated rings. The van der Waals surface area contributed by atoms with Crippen molar-refractivity contribution in [3.8, 4) is 0 Å². The van der Waals surface area contributed by atoms with Crippen LogP contribution in [0, 0.1) is 25.7 Å². The summed E-state index contributed by atoms with van der Waals surface area (Å²) in [5.74, 6) is 1.18. The van der Waals surface area contributed by atoms with Crippen LogP contribution < -0.4 is 5.32 Å². The zero-order chi connectivity index (χ0) is 18.9. The Labute approximate surface area is 156 Å². The van der Waals surface area contributed by atoms with Gasteiger partial charge in [0.1, 0.15) is 0 Å². The number of benzene rings is 1. The highest BCUT2D eigenvalue weighted by Crippen LogP contribution is 2.27. The Hall–Kier alpha value is -1.44. The molecule has 1 aromatic carbocycles. The normalized spacial score (nSPS) is 23.8. The smallest absolute Gasteiger partial charge is 0.243 e. The summed E-state index contributed by atoms with van der Waals surface area (Å²) in [6.45, 7) is 7.24. The second-order valence-corrected chi connectivity index (χ2v) is 9.69. The van der Waals surface area contributed by atoms with E-state index in [9.17, 15) is 13.2 Å². The molecule has 1 aromatic rings. The van der Waals surface area contributed by atoms with E-state index in [1.54, 1.807) is 18.2 Å². The molecule has 26 heavy (non-hydrogen) atoms. The fraction of sp³-hybridized carbons (Fsp3) is 0.632. The third-order valence-corrected chi connectivity index (χ3v) is 7.72. The summed E-state index contributed by atoms with van der Waals surface area (Å²) in [6.07, 6.45) is 1.99. The minimum absolute atomic E-state index is 0.104. The Morgan fingerprint density at radius 1 is 1.15 bits per heavy atom. The molecule has 0 bridgehead atoms. The molecule has 1 amide bonds. The monoisotopic (exact) mass is 379 g/mol. The Bertz CT molecular complexity index is 764. The highest BCUT2D eigenvalue weighted by molar-refractivity contribution is 7.89. The molecule has 7 heteroatoms. The maximum Gasteiger partial charge on any atom is 0.243 e. The molecule has 2 saturated heterocycles. The van der Waals surface area contributed by atoms with Crippen molar-refractivity contribution in [1.29, 1.82) is 0 Å². The summed E-state index contributed by atoms with van der Waals surface area (Å²) in [6, 6.07) is 5.09. The van der Waals surface area contributed by atoms with Crippen LogP contribution in [-0.2, 0) is 14.8 Å². The van der Waals surface area contributed by atoms with Gasteiger partial charge in [-0.25, -0.2) is 8.42 Å². The van der Waals surface area contributed by atoms with E-state index in [0.717, 1.165) is 50.1 Å². The van der Waals surface area contributed by atoms with Crippen LogP contribution in [0.15, 0.2) is 23.1 Å². The lowest BCUT2D eigenvalue weighted by Crippen LogP contribution is -2.41. The van der Waals surface area contributed by atoms with Crippen molar-refractivity contribution in [2.24, 2.45) is 11.8 Å². The maximum absolute atomic E-state index is 12.8. The average molecular weight is 380 g/mol. The number of likely N-dealkylation sites (N-methyl/N-ethyl adjacent to an activating group) is 1. The number of hydrogen-bond donors (Lipinski definition) is 1. The van der Waals surface area contributed by atoms with Gasteiger partial charge in [0.15, 0.2) is 0 Å². The van der Waals surface area contributed by atoms with E-state index >= 15 is 0 Å². The number of rotatable bonds is 4. The second-order valence-electron chi connectivity index (χ2n) is 7.64. The van der Waals surface area contributed by atoms with Crippen molar-refractivity contribution in [3.05, 3.63) is 29.3 Å². The van der Waals surface area contributed by atoms with Gasteiger partial charge < -0.3 is 10.2 Å². The van der Waals surface area contributed by atoms with Crippen LogP contribution >= 0.6 is 0 Å². The molecular formula is C19H29N3O3S. The first-order valence-electron chi connectivity index (χ1n) is 9.31. The molecule has 0 radical (unpaired) electrons. The molecule has 2 heterocycles. The Morgan fingerprint density at radius 3 is 2.35 bits per heavy atom. The van der Waals surface area contributed by atoms with Gasteiger partial charge >= 0.3 is 0 Å². The van der Waals surface area contributed by atoms with Crippen LogP contribution in [0.2, 0.25) is 0 Å². The Morgan fingerprint density at radius 2 is 1.77 bits per heavy atom. The number of fused-ring (bicyclic) bond motifs is 1. The molecule has 2 aliphatic heterocycles. The summed E-state index contributed by atoms with van der Waals surface area (Å²) in [4.78, 5) is 14.8. The summed E-state index contributed by atoms with van der Waals surface area (Å²) < 4.78 is 26.8. The number of hydrogen-bond acceptors (Lipinski definition) is 4. The van der Waals surface area contributed by atoms with Gasteiger partial charge in [-0.3, -0.25) is 4.79 Å². The third-order valence-electron chi connectivity index (χ3n) is 5.92. The first-order chi connectivity index (χ1) is 12.3. The Kier molecular flexibility index (Phi) is 5.69. The van der Waals surface area contributed by atoms with Gasteiger partial charge in [-0.05, 0) is 74.9 Å². The topological polar surface area (TPSA) is 69.7 Å². The van der Waals surface area contributed by atoms with Crippen LogP contribution in [0.4, 0.5) is 0 Å². The minimum Gasteiger partial charge on any atom is -0.342 e. The summed E-state index contributed by atoms with van der Waals surface area (Å²) in [7, 11) is -2.18. The van der Waals surface area contributed by atoms with Gasteiger partial charge in [0.05, 0.1) is 11.4 Å². The lowest BCUT2D eigenvalue weighted by Gasteiger charge is -2.24. The number of nitrogens with one attached hydrogen (secondary N) is 1. The summed E-state index contributed by atoms with van der Waals surface area (Å²) >= 11 is 0. The third kappa shape index (κ3) is 3.94. The van der Waals surface area contributed by atoms with Crippen LogP contribution in [0.3, 0.4) is 0 Å². The SMILES string of the molecule is Cc1ccc(S(=O)(=O)N(C)CC(=O)N2CC[C@@H]3CNC[C@@H]3CC2)cc1C. The highest BCUT2D eigenvalue weighted by atomic mass is 32.2. The number of carbonyl (C=O) groups is 1. The molecule has 2 aliphatic rings. The molecule has 0 aromatic heterocycles. The molecule has 0 aliphatic carbocycles. The van der Waals surface area contributed by atoms with Crippen molar-refractivity contribution in [2.75, 3.05) is 39.8 Å². The number of aryl methyl sites for hydroxylation is 2. The maximum atomic E-state index is 12.8. The van der Waals surface area contributed by atoms with Crippen LogP contribution in [-0.4, -0.2) is 63.3 Å². The van der Waals surface area contributed by atoms with E-state index in [4.69, 9.17) is 0 Å². The number of amides is 1. The van der Waals surface area contributed by atoms with E-state index in [1.807, 2.05) is 18.7 Å². The molecule has 0 unspecified atom stereocenters. The molecule has 3 rings (SSSR count). The lowest BCUT2D eigenvalue weighted by atomic mass is 9.92. The van der Waals surface area contributed by atoms with Gasteiger partial charge in [-0.2, -0.15) is 4.31 Å². The van der Waals surface area contributed by atoms with E-state index in [2.05, 4.69) is 5.32 Å². The van der Waals surface area contributed by atoms with Crippen LogP contribution in [0.25, 0.3) is 0 Å². The summed E-state index contributed by atoms with van der Waals surface area (Å²) in [5.41, 5.74) is 1.98. The van der Waals surface area contributed by atoms with Crippen LogP contribution in [0.5, 0.6) is 0 Å². The molecule has 6 nitrogen and oxygen atoms in total. The van der Waals surface area contributed by atoms with E-state index < -0.39 is 10.0 Å². The quantitative estimate of drug-likeness (QED) is 0.858. The summed E-state index contributed by atoms with van der Waals surface area (Å²) in [5, 5.41) is 3.42. The minimum atomic E-state index is -3.66. The fourth-order valence-corrected chi connectivity index (χ4v) is 5.10. The zero-order valence-electron chi connectivity index (χ0n) is 15.9. The largest absolute Gasteiger partial charge is 0.342 e. The van der Waals surface area contributed by atoms with Crippen molar-refractivity contribution in [2.45, 2.75) is 31.6 Å². The zero-order valence-corrected chi connectivity index (χ0v) is 16.7. The van der Waals surface area contributed by atoms with Gasteiger partial charge in [0.2, 0.25) is 15.9 Å². The highest BCUT2D eigenvalue weighted by Gasteiger charge is 2.32. The molecular weight excluding hydrogens is 350 g/mol. The van der Waals surface area contributed by atoms with Gasteiger partial charge in [-0.15, -0.1) is 0 Å². The molecule has 144 valence electrons. The van der Waals surface area contributed by atoms with Crippen molar-refractivity contribution in [1.82, 2.24) is 14.5 Å². The standard InChI is InChI=1S/C19H29N3O3S/c1-14-4-5-18(10-15(14)2)26(24,25)21(3)13-19(23)22-8-6-16-11-20-12-17(16)7-9-22/h4-5,10,16-17,20H,6-9,11-13H2,1-3H3/t16-,17+. The first kappa shape index (κ1) is 19.3. The predicted octanol–water partition coefficient (Wildman–Crippen LogP) is 1.38. The van der Waals surface area contributed by atoms with E-state index in [-0.39, 0.29) is 17.3 Å². The molecule has 2 atom stereocenters. The van der Waals surface area contributed by atoms with Crippen molar-refractivity contribution in [3.63, 3.8) is 0 Å². The number of sulfonamides is 1. The van der Waals surface area contributed by atoms with Gasteiger partial charge in [-0.1, -0.05) is 6.07 Å². The van der Waals surface area contributed by atoms with Crippen molar-refractivity contribution < 1.29 is 13.2 Å². The van der Waals surface area contributed by atoms with Crippen molar-refractivity contribution >= 4 is 15.9 Å². The van der Waals surface area contributed by atoms with E-state index in [0.29, 0.717) is 11.8 Å². The average Bonchev–Trinajstić information content (AvgIpc) is 2.95. The predicted molar refractivity (Wildman–Crippen MR) is 101 cm³/mol. The molecule has 0 saturated carbocycles. The van der Waals surface area contributed by atoms with Crippen LogP contribution in [0.1, 0.15) is 24.0 Å². The molecule has 1 N–H and O–H groups in total. The lowest BCUT2D eigenvalue weighted by molar-refractivity contribution is -0.131. The fourth-order valence-electron chi connectivity index (χ4n) is 3.90. The first-order valence-corrected chi connectivity index (χ1v) is 10.7. The number of likely N-dealkylation sites (tertiary alicyclic amines) is 1. The van der Waals surface area contributed by atoms with E-state index in [1.165, 1.54) is 11.4 Å². The van der Waals surface area contributed by atoms with Gasteiger partial charge in [0, 0.05) is 20.1 Å². The molecule has 0 spiro atoms. The second kappa shape index (κ2) is 7.66. The number of carbonyl (C=O) groups excluding carboxylic acids is 1. The van der Waals surface area contributed by atoms with Gasteiger partial charge in [0.25, 0.3) is 0 Å². The Balaban J connectivity index is 1.65. The number of nitrogens with zero attached hydrogens (tertiary/aromatic N) is 2.